The predicted octanol–water partition coefficient (Wildman–Crippen LogP) is 2.82. The second-order valence-electron chi connectivity index (χ2n) is 7.08. The van der Waals surface area contributed by atoms with Crippen LogP contribution < -0.4 is 0 Å². The van der Waals surface area contributed by atoms with E-state index in [1.54, 1.807) is 4.90 Å². The van der Waals surface area contributed by atoms with Gasteiger partial charge in [0.05, 0.1) is 12.7 Å². The average Bonchev–Trinajstić information content (AvgIpc) is 2.92. The number of carbonyl (C=O) groups is 1. The van der Waals surface area contributed by atoms with Crippen LogP contribution >= 0.6 is 11.6 Å². The zero-order valence-electron chi connectivity index (χ0n) is 14.7. The molecule has 1 amide bonds. The highest BCUT2D eigenvalue weighted by Gasteiger charge is 2.42. The molecular formula is C19H25ClN2O3. The van der Waals surface area contributed by atoms with Crippen molar-refractivity contribution < 1.29 is 15.0 Å². The molecular weight excluding hydrogens is 340 g/mol. The zero-order chi connectivity index (χ0) is 18.2. The molecule has 1 aromatic heterocycles. The Labute approximate surface area is 152 Å². The van der Waals surface area contributed by atoms with Gasteiger partial charge in [0, 0.05) is 41.5 Å². The van der Waals surface area contributed by atoms with Crippen LogP contribution in [0.25, 0.3) is 10.9 Å². The molecule has 0 radical (unpaired) electrons. The van der Waals surface area contributed by atoms with Crippen molar-refractivity contribution in [1.29, 1.82) is 0 Å². The molecule has 1 aromatic carbocycles. The van der Waals surface area contributed by atoms with E-state index in [0.29, 0.717) is 23.7 Å². The van der Waals surface area contributed by atoms with Crippen molar-refractivity contribution in [3.63, 3.8) is 0 Å². The van der Waals surface area contributed by atoms with Crippen molar-refractivity contribution in [3.05, 3.63) is 35.0 Å². The third kappa shape index (κ3) is 3.16. The number of benzene rings is 1. The number of aliphatic hydroxyl groups is 2. The van der Waals surface area contributed by atoms with Crippen molar-refractivity contribution >= 4 is 28.4 Å². The lowest BCUT2D eigenvalue weighted by atomic mass is 9.73. The number of aromatic nitrogens is 1. The maximum Gasteiger partial charge on any atom is 0.270 e. The summed E-state index contributed by atoms with van der Waals surface area (Å²) < 4.78 is 1.84. The normalized spacial score (nSPS) is 24.0. The minimum atomic E-state index is -0.709. The van der Waals surface area contributed by atoms with Gasteiger partial charge >= 0.3 is 0 Å². The molecule has 1 fully saturated rings. The van der Waals surface area contributed by atoms with Gasteiger partial charge in [-0.3, -0.25) is 4.79 Å². The number of fused-ring (bicyclic) bond motifs is 1. The molecule has 2 atom stereocenters. The standard InChI is InChI=1S/C19H25ClN2O3/c1-3-6-19(12-23)7-8-22(11-17(19)24)18(25)16-9-13-4-5-14(20)10-15(13)21(16)2/h4-5,9-10,17,23-24H,3,6-8,11-12H2,1-2H3/t17-,19-/m1/s1. The summed E-state index contributed by atoms with van der Waals surface area (Å²) in [6, 6.07) is 7.41. The number of carbonyl (C=O) groups excluding carboxylic acids is 1. The second-order valence-corrected chi connectivity index (χ2v) is 7.52. The van der Waals surface area contributed by atoms with Crippen LogP contribution in [0.1, 0.15) is 36.7 Å². The summed E-state index contributed by atoms with van der Waals surface area (Å²) in [6.45, 7) is 2.79. The highest BCUT2D eigenvalue weighted by atomic mass is 35.5. The molecule has 0 spiro atoms. The van der Waals surface area contributed by atoms with Crippen molar-refractivity contribution in [2.45, 2.75) is 32.3 Å². The highest BCUT2D eigenvalue weighted by molar-refractivity contribution is 6.31. The summed E-state index contributed by atoms with van der Waals surface area (Å²) in [5, 5.41) is 21.9. The van der Waals surface area contributed by atoms with E-state index < -0.39 is 11.5 Å². The molecule has 0 saturated carbocycles. The van der Waals surface area contributed by atoms with Crippen LogP contribution in [0.2, 0.25) is 5.02 Å². The van der Waals surface area contributed by atoms with Crippen LogP contribution in [0.4, 0.5) is 0 Å². The van der Waals surface area contributed by atoms with E-state index in [-0.39, 0.29) is 19.1 Å². The third-order valence-electron chi connectivity index (χ3n) is 5.56. The van der Waals surface area contributed by atoms with Crippen molar-refractivity contribution in [1.82, 2.24) is 9.47 Å². The van der Waals surface area contributed by atoms with Crippen LogP contribution in [0, 0.1) is 5.41 Å². The van der Waals surface area contributed by atoms with E-state index in [0.717, 1.165) is 23.7 Å². The maximum absolute atomic E-state index is 13.0. The third-order valence-corrected chi connectivity index (χ3v) is 5.79. The molecule has 0 aliphatic carbocycles. The van der Waals surface area contributed by atoms with Crippen LogP contribution in [0.5, 0.6) is 0 Å². The number of aryl methyl sites for hydroxylation is 1. The molecule has 3 rings (SSSR count). The summed E-state index contributed by atoms with van der Waals surface area (Å²) in [4.78, 5) is 14.7. The lowest BCUT2D eigenvalue weighted by molar-refractivity contribution is -0.0714. The molecule has 25 heavy (non-hydrogen) atoms. The molecule has 1 saturated heterocycles. The van der Waals surface area contributed by atoms with Crippen molar-refractivity contribution in [3.8, 4) is 0 Å². The minimum absolute atomic E-state index is 0.0451. The molecule has 2 aromatic rings. The molecule has 0 unspecified atom stereocenters. The van der Waals surface area contributed by atoms with Gasteiger partial charge in [-0.1, -0.05) is 31.0 Å². The summed E-state index contributed by atoms with van der Waals surface area (Å²) in [6.07, 6.45) is 1.56. The largest absolute Gasteiger partial charge is 0.396 e. The van der Waals surface area contributed by atoms with Crippen molar-refractivity contribution in [2.75, 3.05) is 19.7 Å². The fourth-order valence-electron chi connectivity index (χ4n) is 3.93. The quantitative estimate of drug-likeness (QED) is 0.876. The molecule has 1 aliphatic heterocycles. The van der Waals surface area contributed by atoms with E-state index in [9.17, 15) is 15.0 Å². The van der Waals surface area contributed by atoms with Gasteiger partial charge in [-0.25, -0.2) is 0 Å². The van der Waals surface area contributed by atoms with E-state index in [1.807, 2.05) is 42.8 Å². The number of rotatable bonds is 4. The first-order chi connectivity index (χ1) is 11.9. The summed E-state index contributed by atoms with van der Waals surface area (Å²) in [7, 11) is 1.85. The lowest BCUT2D eigenvalue weighted by Crippen LogP contribution is -2.54. The van der Waals surface area contributed by atoms with Gasteiger partial charge in [0.1, 0.15) is 5.69 Å². The molecule has 5 nitrogen and oxygen atoms in total. The molecule has 1 aliphatic rings. The molecule has 0 bridgehead atoms. The van der Waals surface area contributed by atoms with Gasteiger partial charge in [-0.15, -0.1) is 0 Å². The Balaban J connectivity index is 1.84. The topological polar surface area (TPSA) is 65.7 Å². The Hall–Kier alpha value is -1.56. The monoisotopic (exact) mass is 364 g/mol. The zero-order valence-corrected chi connectivity index (χ0v) is 15.5. The van der Waals surface area contributed by atoms with Crippen LogP contribution in [-0.4, -0.2) is 51.4 Å². The Morgan fingerprint density at radius 2 is 2.16 bits per heavy atom. The Morgan fingerprint density at radius 1 is 1.40 bits per heavy atom. The number of hydrogen-bond donors (Lipinski definition) is 2. The van der Waals surface area contributed by atoms with Crippen LogP contribution in [-0.2, 0) is 7.05 Å². The first-order valence-electron chi connectivity index (χ1n) is 8.75. The number of halogens is 1. The van der Waals surface area contributed by atoms with E-state index in [1.165, 1.54) is 0 Å². The van der Waals surface area contributed by atoms with Crippen LogP contribution in [0.15, 0.2) is 24.3 Å². The lowest BCUT2D eigenvalue weighted by Gasteiger charge is -2.44. The molecule has 2 heterocycles. The van der Waals surface area contributed by atoms with Gasteiger partial charge in [0.25, 0.3) is 5.91 Å². The number of amides is 1. The van der Waals surface area contributed by atoms with Gasteiger partial charge in [0.2, 0.25) is 0 Å². The second kappa shape index (κ2) is 6.98. The Bertz CT molecular complexity index is 788. The summed E-state index contributed by atoms with van der Waals surface area (Å²) in [5.74, 6) is -0.100. The predicted molar refractivity (Wildman–Crippen MR) is 98.9 cm³/mol. The number of hydrogen-bond acceptors (Lipinski definition) is 3. The highest BCUT2D eigenvalue weighted by Crippen LogP contribution is 2.36. The molecule has 2 N–H and O–H groups in total. The number of β-amino-alcohol motifs (C(OH)–C–C–N with tert-alkyl or cyclic N) is 1. The minimum Gasteiger partial charge on any atom is -0.396 e. The van der Waals surface area contributed by atoms with Gasteiger partial charge < -0.3 is 19.7 Å². The first kappa shape index (κ1) is 18.2. The van der Waals surface area contributed by atoms with E-state index >= 15 is 0 Å². The Kier molecular flexibility index (Phi) is 5.09. The van der Waals surface area contributed by atoms with Crippen LogP contribution in [0.3, 0.4) is 0 Å². The van der Waals surface area contributed by atoms with Gasteiger partial charge in [-0.2, -0.15) is 0 Å². The molecule has 6 heteroatoms. The number of nitrogens with zero attached hydrogens (tertiary/aromatic N) is 2. The number of aliphatic hydroxyl groups excluding tert-OH is 2. The van der Waals surface area contributed by atoms with Gasteiger partial charge in [0.15, 0.2) is 0 Å². The first-order valence-corrected chi connectivity index (χ1v) is 9.13. The maximum atomic E-state index is 13.0. The fraction of sp³-hybridized carbons (Fsp3) is 0.526. The SMILES string of the molecule is CCC[C@]1(CO)CCN(C(=O)c2cc3ccc(Cl)cc3n2C)C[C@H]1O. The fourth-order valence-corrected chi connectivity index (χ4v) is 4.09. The summed E-state index contributed by atoms with van der Waals surface area (Å²) >= 11 is 6.06. The average molecular weight is 365 g/mol. The summed E-state index contributed by atoms with van der Waals surface area (Å²) in [5.41, 5.74) is 0.999. The van der Waals surface area contributed by atoms with E-state index in [4.69, 9.17) is 11.6 Å². The molecule has 136 valence electrons. The number of piperidine rings is 1. The van der Waals surface area contributed by atoms with Gasteiger partial charge in [-0.05, 0) is 31.0 Å². The Morgan fingerprint density at radius 3 is 2.80 bits per heavy atom. The number of likely N-dealkylation sites (tertiary alicyclic amines) is 1. The van der Waals surface area contributed by atoms with Crippen molar-refractivity contribution in [2.24, 2.45) is 12.5 Å². The smallest absolute Gasteiger partial charge is 0.270 e. The van der Waals surface area contributed by atoms with E-state index in [2.05, 4.69) is 0 Å².